The number of benzene rings is 2. The molecule has 0 saturated heterocycles. The van der Waals surface area contributed by atoms with E-state index in [1.807, 2.05) is 56.3 Å². The first-order valence-corrected chi connectivity index (χ1v) is 10.5. The van der Waals surface area contributed by atoms with E-state index in [2.05, 4.69) is 0 Å². The van der Waals surface area contributed by atoms with E-state index in [1.165, 1.54) is 0 Å². The molecule has 0 heterocycles. The summed E-state index contributed by atoms with van der Waals surface area (Å²) in [6.45, 7) is 3.35. The minimum Gasteiger partial charge on any atom is -0.482 e. The van der Waals surface area contributed by atoms with E-state index in [0.29, 0.717) is 18.6 Å². The monoisotopic (exact) mass is 430 g/mol. The van der Waals surface area contributed by atoms with Crippen LogP contribution in [0, 0.1) is 5.92 Å². The number of aldehydes is 1. The molecule has 0 amide bonds. The maximum Gasteiger partial charge on any atom is 0.341 e. The van der Waals surface area contributed by atoms with Crippen LogP contribution in [0.5, 0.6) is 5.75 Å². The Bertz CT molecular complexity index is 893. The van der Waals surface area contributed by atoms with Gasteiger partial charge in [0, 0.05) is 16.7 Å². The second kappa shape index (κ2) is 9.19. The first-order valence-electron chi connectivity index (χ1n) is 10.0. The summed E-state index contributed by atoms with van der Waals surface area (Å²) in [6.07, 6.45) is 1.53. The number of carbonyl (C=O) groups excluding carboxylic acids is 1. The summed E-state index contributed by atoms with van der Waals surface area (Å²) in [5.41, 5.74) is 2.35. The van der Waals surface area contributed by atoms with Gasteiger partial charge in [0.1, 0.15) is 12.0 Å². The standard InChI is InChI=1S/C24H27ClO5/c1-24(2,14-26)17-8-6-16(7-9-17)23-19(20(25)12-21(23)27)11-15-4-3-5-18(10-15)30-13-22(28)29/h3-10,14,19-21,23,27H,11-13H2,1-2H3,(H,28,29)/t19?,20-,21-,23?/m1/s1. The molecule has 30 heavy (non-hydrogen) atoms. The summed E-state index contributed by atoms with van der Waals surface area (Å²) >= 11 is 6.62. The van der Waals surface area contributed by atoms with Crippen molar-refractivity contribution in [1.82, 2.24) is 0 Å². The highest BCUT2D eigenvalue weighted by molar-refractivity contribution is 6.21. The number of carbonyl (C=O) groups is 2. The van der Waals surface area contributed by atoms with E-state index in [4.69, 9.17) is 21.4 Å². The predicted molar refractivity (Wildman–Crippen MR) is 115 cm³/mol. The fourth-order valence-corrected chi connectivity index (χ4v) is 4.60. The van der Waals surface area contributed by atoms with Gasteiger partial charge in [-0.1, -0.05) is 36.4 Å². The van der Waals surface area contributed by atoms with E-state index in [9.17, 15) is 14.7 Å². The number of ether oxygens (including phenoxy) is 1. The lowest BCUT2D eigenvalue weighted by Crippen LogP contribution is -2.22. The molecule has 5 nitrogen and oxygen atoms in total. The third kappa shape index (κ3) is 5.02. The number of carboxylic acids is 1. The summed E-state index contributed by atoms with van der Waals surface area (Å²) in [6, 6.07) is 15.2. The molecular formula is C24H27ClO5. The van der Waals surface area contributed by atoms with Crippen molar-refractivity contribution in [3.8, 4) is 5.75 Å². The van der Waals surface area contributed by atoms with Crippen LogP contribution in [0.3, 0.4) is 0 Å². The van der Waals surface area contributed by atoms with Crippen molar-refractivity contribution in [1.29, 1.82) is 0 Å². The van der Waals surface area contributed by atoms with E-state index in [1.54, 1.807) is 6.07 Å². The highest BCUT2D eigenvalue weighted by atomic mass is 35.5. The number of aliphatic hydroxyl groups excluding tert-OH is 1. The van der Waals surface area contributed by atoms with Crippen LogP contribution in [-0.2, 0) is 21.4 Å². The number of aliphatic carboxylic acids is 1. The van der Waals surface area contributed by atoms with E-state index >= 15 is 0 Å². The van der Waals surface area contributed by atoms with Crippen molar-refractivity contribution in [3.05, 3.63) is 65.2 Å². The first-order chi connectivity index (χ1) is 14.2. The predicted octanol–water partition coefficient (Wildman–Crippen LogP) is 3.94. The minimum atomic E-state index is -1.03. The van der Waals surface area contributed by atoms with Crippen LogP contribution >= 0.6 is 11.6 Å². The number of hydrogen-bond donors (Lipinski definition) is 2. The average molecular weight is 431 g/mol. The molecule has 0 radical (unpaired) electrons. The largest absolute Gasteiger partial charge is 0.482 e. The third-order valence-corrected chi connectivity index (χ3v) is 6.38. The van der Waals surface area contributed by atoms with Gasteiger partial charge in [-0.25, -0.2) is 4.79 Å². The number of rotatable bonds is 8. The number of alkyl halides is 1. The van der Waals surface area contributed by atoms with Gasteiger partial charge in [0.15, 0.2) is 6.61 Å². The summed E-state index contributed by atoms with van der Waals surface area (Å²) in [4.78, 5) is 22.1. The maximum absolute atomic E-state index is 11.3. The summed E-state index contributed by atoms with van der Waals surface area (Å²) in [5.74, 6) is -0.635. The molecule has 160 valence electrons. The van der Waals surface area contributed by atoms with Crippen molar-refractivity contribution < 1.29 is 24.5 Å². The number of halogens is 1. The second-order valence-corrected chi connectivity index (χ2v) is 9.06. The SMILES string of the molecule is CC(C)(C=O)c1ccc(C2C(Cc3cccc(OCC(=O)O)c3)[C@H](Cl)C[C@H]2O)cc1. The quantitative estimate of drug-likeness (QED) is 0.489. The number of hydrogen-bond acceptors (Lipinski definition) is 4. The summed E-state index contributed by atoms with van der Waals surface area (Å²) in [7, 11) is 0. The van der Waals surface area contributed by atoms with Crippen LogP contribution in [0.1, 0.15) is 42.9 Å². The van der Waals surface area contributed by atoms with Gasteiger partial charge in [-0.15, -0.1) is 11.6 Å². The van der Waals surface area contributed by atoms with Crippen LogP contribution in [0.4, 0.5) is 0 Å². The minimum absolute atomic E-state index is 0.0151. The number of carboxylic acid groups (broad SMARTS) is 1. The summed E-state index contributed by atoms with van der Waals surface area (Å²) < 4.78 is 5.28. The topological polar surface area (TPSA) is 83.8 Å². The summed E-state index contributed by atoms with van der Waals surface area (Å²) in [5, 5.41) is 19.3. The molecule has 1 aliphatic carbocycles. The fourth-order valence-electron chi connectivity index (χ4n) is 4.17. The Kier molecular flexibility index (Phi) is 6.84. The molecular weight excluding hydrogens is 404 g/mol. The molecule has 2 N–H and O–H groups in total. The van der Waals surface area contributed by atoms with Crippen molar-refractivity contribution in [2.45, 2.75) is 49.5 Å². The van der Waals surface area contributed by atoms with Gasteiger partial charge in [0.05, 0.1) is 6.10 Å². The van der Waals surface area contributed by atoms with Gasteiger partial charge in [-0.2, -0.15) is 0 Å². The Hall–Kier alpha value is -2.37. The van der Waals surface area contributed by atoms with Crippen LogP contribution < -0.4 is 4.74 Å². The fraction of sp³-hybridized carbons (Fsp3) is 0.417. The highest BCUT2D eigenvalue weighted by Crippen LogP contribution is 2.44. The van der Waals surface area contributed by atoms with Crippen LogP contribution in [0.25, 0.3) is 0 Å². The third-order valence-electron chi connectivity index (χ3n) is 5.87. The first kappa shape index (κ1) is 22.3. The van der Waals surface area contributed by atoms with Crippen LogP contribution in [-0.4, -0.2) is 40.6 Å². The van der Waals surface area contributed by atoms with Gasteiger partial charge >= 0.3 is 5.97 Å². The smallest absolute Gasteiger partial charge is 0.341 e. The van der Waals surface area contributed by atoms with E-state index < -0.39 is 24.1 Å². The van der Waals surface area contributed by atoms with Crippen molar-refractivity contribution in [3.63, 3.8) is 0 Å². The Morgan fingerprint density at radius 3 is 2.57 bits per heavy atom. The molecule has 2 unspecified atom stereocenters. The Balaban J connectivity index is 1.81. The Morgan fingerprint density at radius 1 is 1.23 bits per heavy atom. The zero-order valence-electron chi connectivity index (χ0n) is 17.1. The number of aliphatic hydroxyl groups is 1. The Labute approximate surface area is 181 Å². The molecule has 0 aromatic heterocycles. The molecule has 0 aliphatic heterocycles. The Morgan fingerprint density at radius 2 is 1.93 bits per heavy atom. The van der Waals surface area contributed by atoms with Gasteiger partial charge in [-0.05, 0) is 61.4 Å². The molecule has 0 spiro atoms. The lowest BCUT2D eigenvalue weighted by molar-refractivity contribution is -0.139. The zero-order chi connectivity index (χ0) is 21.9. The van der Waals surface area contributed by atoms with Gasteiger partial charge in [-0.3, -0.25) is 0 Å². The van der Waals surface area contributed by atoms with E-state index in [0.717, 1.165) is 23.0 Å². The lowest BCUT2D eigenvalue weighted by atomic mass is 9.81. The zero-order valence-corrected chi connectivity index (χ0v) is 17.9. The molecule has 4 atom stereocenters. The molecule has 6 heteroatoms. The van der Waals surface area contributed by atoms with Gasteiger partial charge in [0.25, 0.3) is 0 Å². The van der Waals surface area contributed by atoms with Crippen LogP contribution in [0.15, 0.2) is 48.5 Å². The lowest BCUT2D eigenvalue weighted by Gasteiger charge is -2.25. The molecule has 3 rings (SSSR count). The normalized spacial score (nSPS) is 23.9. The van der Waals surface area contributed by atoms with Gasteiger partial charge in [0.2, 0.25) is 0 Å². The van der Waals surface area contributed by atoms with Crippen molar-refractivity contribution in [2.24, 2.45) is 5.92 Å². The van der Waals surface area contributed by atoms with E-state index in [-0.39, 0.29) is 17.2 Å². The molecule has 1 aliphatic rings. The highest BCUT2D eigenvalue weighted by Gasteiger charge is 2.42. The second-order valence-electron chi connectivity index (χ2n) is 8.50. The molecule has 2 aromatic rings. The maximum atomic E-state index is 11.3. The van der Waals surface area contributed by atoms with Crippen LogP contribution in [0.2, 0.25) is 0 Å². The molecule has 0 bridgehead atoms. The van der Waals surface area contributed by atoms with Gasteiger partial charge < -0.3 is 19.7 Å². The molecule has 1 saturated carbocycles. The molecule has 1 fully saturated rings. The van der Waals surface area contributed by atoms with Crippen molar-refractivity contribution >= 4 is 23.9 Å². The molecule has 2 aromatic carbocycles. The average Bonchev–Trinajstić information content (AvgIpc) is 2.99. The van der Waals surface area contributed by atoms with Crippen molar-refractivity contribution in [2.75, 3.05) is 6.61 Å².